The van der Waals surface area contributed by atoms with Crippen LogP contribution in [0.1, 0.15) is 5.69 Å². The highest BCUT2D eigenvalue weighted by Crippen LogP contribution is 2.27. The van der Waals surface area contributed by atoms with Crippen molar-refractivity contribution < 1.29 is 13.3 Å². The number of hydrogen-bond acceptors (Lipinski definition) is 5. The smallest absolute Gasteiger partial charge is 0.258 e. The highest BCUT2D eigenvalue weighted by Gasteiger charge is 2.26. The second-order valence-corrected chi connectivity index (χ2v) is 7.45. The van der Waals surface area contributed by atoms with Crippen molar-refractivity contribution in [1.29, 1.82) is 0 Å². The molecular weight excluding hydrogens is 380 g/mol. The molecular formula is C16H13ClN4O4S. The Labute approximate surface area is 154 Å². The second-order valence-electron chi connectivity index (χ2n) is 5.28. The molecule has 0 atom stereocenters. The van der Waals surface area contributed by atoms with Gasteiger partial charge in [-0.2, -0.15) is 5.10 Å². The number of nitrogens with one attached hydrogen (secondary N) is 1. The van der Waals surface area contributed by atoms with Gasteiger partial charge in [0.15, 0.2) is 4.90 Å². The van der Waals surface area contributed by atoms with Crippen LogP contribution in [-0.4, -0.2) is 23.1 Å². The molecule has 0 saturated heterocycles. The summed E-state index contributed by atoms with van der Waals surface area (Å²) >= 11 is 5.71. The molecule has 134 valence electrons. The third kappa shape index (κ3) is 3.90. The highest BCUT2D eigenvalue weighted by atomic mass is 35.5. The predicted octanol–water partition coefficient (Wildman–Crippen LogP) is 2.91. The lowest BCUT2D eigenvalue weighted by Gasteiger charge is -2.06. The molecule has 8 nitrogen and oxygen atoms in total. The van der Waals surface area contributed by atoms with E-state index >= 15 is 0 Å². The summed E-state index contributed by atoms with van der Waals surface area (Å²) in [6.45, 7) is -0.109. The van der Waals surface area contributed by atoms with E-state index in [1.807, 2.05) is 30.3 Å². The number of sulfonamides is 1. The average molecular weight is 393 g/mol. The molecule has 0 aliphatic carbocycles. The van der Waals surface area contributed by atoms with Crippen molar-refractivity contribution in [3.8, 4) is 5.69 Å². The van der Waals surface area contributed by atoms with Gasteiger partial charge in [-0.15, -0.1) is 0 Å². The Balaban J connectivity index is 1.80. The number of benzene rings is 2. The van der Waals surface area contributed by atoms with Crippen molar-refractivity contribution in [1.82, 2.24) is 14.5 Å². The van der Waals surface area contributed by atoms with E-state index in [-0.39, 0.29) is 11.6 Å². The van der Waals surface area contributed by atoms with Gasteiger partial charge in [0.25, 0.3) is 5.69 Å². The fourth-order valence-corrected chi connectivity index (χ4v) is 3.60. The molecule has 26 heavy (non-hydrogen) atoms. The molecule has 3 rings (SSSR count). The van der Waals surface area contributed by atoms with E-state index in [4.69, 9.17) is 11.6 Å². The standard InChI is InChI=1S/C16H13ClN4O4S/c17-12-6-7-16(15(10-12)21(22)23)26(24,25)18-11-13-8-9-20(19-13)14-4-2-1-3-5-14/h1-10,18H,11H2. The van der Waals surface area contributed by atoms with Crippen LogP contribution in [0.25, 0.3) is 5.69 Å². The molecule has 0 unspecified atom stereocenters. The summed E-state index contributed by atoms with van der Waals surface area (Å²) in [5.74, 6) is 0. The van der Waals surface area contributed by atoms with Crippen molar-refractivity contribution in [2.75, 3.05) is 0 Å². The quantitative estimate of drug-likeness (QED) is 0.512. The maximum atomic E-state index is 12.4. The monoisotopic (exact) mass is 392 g/mol. The molecule has 2 aromatic carbocycles. The Morgan fingerprint density at radius 3 is 2.58 bits per heavy atom. The minimum absolute atomic E-state index is 0.0808. The first-order valence-corrected chi connectivity index (χ1v) is 9.26. The molecule has 0 aliphatic heterocycles. The van der Waals surface area contributed by atoms with Crippen molar-refractivity contribution >= 4 is 27.3 Å². The van der Waals surface area contributed by atoms with Gasteiger partial charge in [-0.25, -0.2) is 17.8 Å². The lowest BCUT2D eigenvalue weighted by atomic mass is 10.3. The number of aromatic nitrogens is 2. The minimum atomic E-state index is -4.11. The number of para-hydroxylation sites is 1. The minimum Gasteiger partial charge on any atom is -0.258 e. The highest BCUT2D eigenvalue weighted by molar-refractivity contribution is 7.89. The van der Waals surface area contributed by atoms with Crippen LogP contribution in [-0.2, 0) is 16.6 Å². The second kappa shape index (κ2) is 7.24. The van der Waals surface area contributed by atoms with Gasteiger partial charge in [-0.3, -0.25) is 10.1 Å². The SMILES string of the molecule is O=[N+]([O-])c1cc(Cl)ccc1S(=O)(=O)NCc1ccn(-c2ccccc2)n1. The Bertz CT molecular complexity index is 1050. The van der Waals surface area contributed by atoms with Crippen molar-refractivity contribution in [2.45, 2.75) is 11.4 Å². The molecule has 0 saturated carbocycles. The fraction of sp³-hybridized carbons (Fsp3) is 0.0625. The zero-order valence-electron chi connectivity index (χ0n) is 13.2. The van der Waals surface area contributed by atoms with Crippen molar-refractivity contribution in [3.05, 3.63) is 81.6 Å². The normalized spacial score (nSPS) is 11.4. The lowest BCUT2D eigenvalue weighted by Crippen LogP contribution is -2.24. The number of hydrogen-bond donors (Lipinski definition) is 1. The third-order valence-corrected chi connectivity index (χ3v) is 5.20. The van der Waals surface area contributed by atoms with E-state index < -0.39 is 25.5 Å². The first-order valence-electron chi connectivity index (χ1n) is 7.40. The molecule has 0 aliphatic rings. The summed E-state index contributed by atoms with van der Waals surface area (Å²) < 4.78 is 28.8. The Morgan fingerprint density at radius 1 is 1.15 bits per heavy atom. The number of halogens is 1. The van der Waals surface area contributed by atoms with Crippen LogP contribution in [0, 0.1) is 10.1 Å². The zero-order valence-corrected chi connectivity index (χ0v) is 14.8. The van der Waals surface area contributed by atoms with Crippen molar-refractivity contribution in [2.24, 2.45) is 0 Å². The van der Waals surface area contributed by atoms with Gasteiger partial charge in [0, 0.05) is 17.3 Å². The van der Waals surface area contributed by atoms with E-state index in [0.29, 0.717) is 5.69 Å². The summed E-state index contributed by atoms with van der Waals surface area (Å²) in [5, 5.41) is 15.5. The average Bonchev–Trinajstić information content (AvgIpc) is 3.09. The Morgan fingerprint density at radius 2 is 1.88 bits per heavy atom. The number of nitro benzene ring substituents is 1. The predicted molar refractivity (Wildman–Crippen MR) is 95.7 cm³/mol. The van der Waals surface area contributed by atoms with Crippen LogP contribution in [0.5, 0.6) is 0 Å². The van der Waals surface area contributed by atoms with Crippen LogP contribution in [0.4, 0.5) is 5.69 Å². The summed E-state index contributed by atoms with van der Waals surface area (Å²) in [4.78, 5) is 9.86. The van der Waals surface area contributed by atoms with Crippen LogP contribution in [0.15, 0.2) is 65.7 Å². The summed E-state index contributed by atoms with van der Waals surface area (Å²) in [6, 6.07) is 14.4. The van der Waals surface area contributed by atoms with Gasteiger partial charge < -0.3 is 0 Å². The van der Waals surface area contributed by atoms with Gasteiger partial charge in [-0.05, 0) is 30.3 Å². The number of nitro groups is 1. The molecule has 0 amide bonds. The maximum absolute atomic E-state index is 12.4. The first-order chi connectivity index (χ1) is 12.4. The van der Waals surface area contributed by atoms with Gasteiger partial charge in [0.05, 0.1) is 22.8 Å². The topological polar surface area (TPSA) is 107 Å². The molecule has 0 bridgehead atoms. The molecule has 1 N–H and O–H groups in total. The van der Waals surface area contributed by atoms with E-state index in [0.717, 1.165) is 17.8 Å². The van der Waals surface area contributed by atoms with Gasteiger partial charge >= 0.3 is 0 Å². The Kier molecular flexibility index (Phi) is 5.03. The third-order valence-electron chi connectivity index (χ3n) is 3.52. The van der Waals surface area contributed by atoms with Crippen molar-refractivity contribution in [3.63, 3.8) is 0 Å². The van der Waals surface area contributed by atoms with Crippen LogP contribution in [0.2, 0.25) is 5.02 Å². The number of nitrogens with zero attached hydrogens (tertiary/aromatic N) is 3. The first kappa shape index (κ1) is 18.1. The van der Waals surface area contributed by atoms with E-state index in [1.165, 1.54) is 6.07 Å². The zero-order chi connectivity index (χ0) is 18.7. The van der Waals surface area contributed by atoms with E-state index in [1.54, 1.807) is 16.9 Å². The lowest BCUT2D eigenvalue weighted by molar-refractivity contribution is -0.387. The van der Waals surface area contributed by atoms with Gasteiger partial charge in [0.1, 0.15) is 0 Å². The van der Waals surface area contributed by atoms with Crippen LogP contribution < -0.4 is 4.72 Å². The van der Waals surface area contributed by atoms with Gasteiger partial charge in [0.2, 0.25) is 10.0 Å². The molecule has 3 aromatic rings. The largest absolute Gasteiger partial charge is 0.290 e. The van der Waals surface area contributed by atoms with E-state index in [2.05, 4.69) is 9.82 Å². The maximum Gasteiger partial charge on any atom is 0.290 e. The van der Waals surface area contributed by atoms with Crippen LogP contribution >= 0.6 is 11.6 Å². The number of rotatable bonds is 6. The summed E-state index contributed by atoms with van der Waals surface area (Å²) in [6.07, 6.45) is 1.70. The fourth-order valence-electron chi connectivity index (χ4n) is 2.29. The van der Waals surface area contributed by atoms with Gasteiger partial charge in [-0.1, -0.05) is 29.8 Å². The van der Waals surface area contributed by atoms with Crippen LogP contribution in [0.3, 0.4) is 0 Å². The van der Waals surface area contributed by atoms with E-state index in [9.17, 15) is 18.5 Å². The summed E-state index contributed by atoms with van der Waals surface area (Å²) in [5.41, 5.74) is 0.712. The Hall–Kier alpha value is -2.75. The molecule has 0 radical (unpaired) electrons. The molecule has 1 heterocycles. The molecule has 10 heteroatoms. The molecule has 0 fully saturated rings. The summed E-state index contributed by atoms with van der Waals surface area (Å²) in [7, 11) is -4.11. The molecule has 1 aromatic heterocycles. The molecule has 0 spiro atoms.